The minimum atomic E-state index is -3.49. The Kier molecular flexibility index (Phi) is 4.69. The normalized spacial score (nSPS) is 14.3. The van der Waals surface area contributed by atoms with Crippen molar-refractivity contribution in [2.45, 2.75) is 24.7 Å². The molecule has 1 N–H and O–H groups in total. The quantitative estimate of drug-likeness (QED) is 0.927. The van der Waals surface area contributed by atoms with Crippen molar-refractivity contribution >= 4 is 21.6 Å². The van der Waals surface area contributed by atoms with E-state index >= 15 is 0 Å². The Hall–Kier alpha value is -2.18. The maximum atomic E-state index is 12.7. The van der Waals surface area contributed by atoms with Crippen LogP contribution in [-0.2, 0) is 16.4 Å². The lowest BCUT2D eigenvalue weighted by molar-refractivity contribution is 0.0985. The lowest BCUT2D eigenvalue weighted by Crippen LogP contribution is -2.35. The number of carbonyl (C=O) groups excluding carboxylic acids is 1. The molecule has 3 rings (SSSR count). The molecule has 0 bridgehead atoms. The number of carbonyl (C=O) groups is 1. The second kappa shape index (κ2) is 6.75. The molecule has 0 spiro atoms. The summed E-state index contributed by atoms with van der Waals surface area (Å²) in [6, 6.07) is 14.1. The van der Waals surface area contributed by atoms with Crippen molar-refractivity contribution in [1.82, 2.24) is 4.72 Å². The summed E-state index contributed by atoms with van der Waals surface area (Å²) in [6.45, 7) is 2.73. The van der Waals surface area contributed by atoms with E-state index in [2.05, 4.69) is 4.72 Å². The number of rotatable bonds is 4. The van der Waals surface area contributed by atoms with Crippen LogP contribution >= 0.6 is 0 Å². The highest BCUT2D eigenvalue weighted by Crippen LogP contribution is 2.30. The van der Waals surface area contributed by atoms with Gasteiger partial charge in [0.2, 0.25) is 10.0 Å². The zero-order chi connectivity index (χ0) is 17.2. The zero-order valence-electron chi connectivity index (χ0n) is 13.5. The maximum absolute atomic E-state index is 12.7. The molecule has 1 aliphatic heterocycles. The predicted octanol–water partition coefficient (Wildman–Crippen LogP) is 2.58. The Bertz CT molecular complexity index is 848. The summed E-state index contributed by atoms with van der Waals surface area (Å²) >= 11 is 0. The van der Waals surface area contributed by atoms with Gasteiger partial charge in [-0.3, -0.25) is 4.79 Å². The van der Waals surface area contributed by atoms with Crippen LogP contribution < -0.4 is 9.62 Å². The second-order valence-electron chi connectivity index (χ2n) is 5.72. The van der Waals surface area contributed by atoms with Gasteiger partial charge in [0.15, 0.2) is 0 Å². The number of hydrogen-bond donors (Lipinski definition) is 1. The van der Waals surface area contributed by atoms with Crippen molar-refractivity contribution in [3.05, 3.63) is 59.7 Å². The average Bonchev–Trinajstić information content (AvgIpc) is 2.61. The number of fused-ring (bicyclic) bond motifs is 1. The van der Waals surface area contributed by atoms with Crippen LogP contribution in [0.15, 0.2) is 53.4 Å². The molecular weight excluding hydrogens is 324 g/mol. The Morgan fingerprint density at radius 2 is 1.92 bits per heavy atom. The van der Waals surface area contributed by atoms with Crippen LogP contribution in [0.4, 0.5) is 5.69 Å². The van der Waals surface area contributed by atoms with E-state index in [0.717, 1.165) is 24.1 Å². The van der Waals surface area contributed by atoms with E-state index in [0.29, 0.717) is 18.7 Å². The van der Waals surface area contributed by atoms with Gasteiger partial charge in [0.25, 0.3) is 5.91 Å². The molecular formula is C18H20N2O3S. The van der Waals surface area contributed by atoms with E-state index in [4.69, 9.17) is 0 Å². The monoisotopic (exact) mass is 344 g/mol. The largest absolute Gasteiger partial charge is 0.308 e. The summed E-state index contributed by atoms with van der Waals surface area (Å²) in [5.41, 5.74) is 2.32. The van der Waals surface area contributed by atoms with E-state index < -0.39 is 10.0 Å². The summed E-state index contributed by atoms with van der Waals surface area (Å²) in [7, 11) is -3.49. The van der Waals surface area contributed by atoms with Crippen molar-refractivity contribution in [2.24, 2.45) is 0 Å². The molecule has 0 saturated carbocycles. The summed E-state index contributed by atoms with van der Waals surface area (Å²) in [4.78, 5) is 14.7. The molecule has 2 aromatic carbocycles. The lowest BCUT2D eigenvalue weighted by Gasteiger charge is -2.30. The highest BCUT2D eigenvalue weighted by atomic mass is 32.2. The van der Waals surface area contributed by atoms with Crippen molar-refractivity contribution in [2.75, 3.05) is 18.0 Å². The minimum Gasteiger partial charge on any atom is -0.308 e. The van der Waals surface area contributed by atoms with Gasteiger partial charge in [0.1, 0.15) is 0 Å². The maximum Gasteiger partial charge on any atom is 0.258 e. The van der Waals surface area contributed by atoms with Gasteiger partial charge in [-0.25, -0.2) is 13.1 Å². The number of hydrogen-bond acceptors (Lipinski definition) is 3. The molecule has 24 heavy (non-hydrogen) atoms. The zero-order valence-corrected chi connectivity index (χ0v) is 14.3. The topological polar surface area (TPSA) is 66.5 Å². The first-order valence-electron chi connectivity index (χ1n) is 8.02. The average molecular weight is 344 g/mol. The van der Waals surface area contributed by atoms with Gasteiger partial charge in [-0.2, -0.15) is 0 Å². The summed E-state index contributed by atoms with van der Waals surface area (Å²) in [5, 5.41) is 0. The van der Waals surface area contributed by atoms with Gasteiger partial charge in [-0.05, 0) is 48.7 Å². The van der Waals surface area contributed by atoms with Crippen molar-refractivity contribution in [3.63, 3.8) is 0 Å². The number of benzene rings is 2. The number of nitrogens with one attached hydrogen (secondary N) is 1. The molecule has 1 heterocycles. The van der Waals surface area contributed by atoms with Crippen LogP contribution in [0, 0.1) is 0 Å². The number of nitrogens with zero attached hydrogens (tertiary/aromatic N) is 1. The first-order valence-corrected chi connectivity index (χ1v) is 9.51. The smallest absolute Gasteiger partial charge is 0.258 e. The van der Waals surface area contributed by atoms with E-state index in [1.807, 2.05) is 18.2 Å². The van der Waals surface area contributed by atoms with E-state index in [1.54, 1.807) is 42.2 Å². The summed E-state index contributed by atoms with van der Waals surface area (Å²) in [5.74, 6) is -0.0566. The van der Waals surface area contributed by atoms with E-state index in [9.17, 15) is 13.2 Å². The first-order chi connectivity index (χ1) is 11.5. The highest BCUT2D eigenvalue weighted by Gasteiger charge is 2.25. The van der Waals surface area contributed by atoms with Crippen LogP contribution in [0.2, 0.25) is 0 Å². The lowest BCUT2D eigenvalue weighted by atomic mass is 10.0. The van der Waals surface area contributed by atoms with Crippen LogP contribution in [-0.4, -0.2) is 27.4 Å². The number of anilines is 1. The third-order valence-corrected chi connectivity index (χ3v) is 5.62. The first kappa shape index (κ1) is 16.7. The summed E-state index contributed by atoms with van der Waals surface area (Å²) in [6.07, 6.45) is 1.58. The molecule has 1 aliphatic rings. The summed E-state index contributed by atoms with van der Waals surface area (Å²) < 4.78 is 26.8. The van der Waals surface area contributed by atoms with Gasteiger partial charge >= 0.3 is 0 Å². The molecule has 0 unspecified atom stereocenters. The fourth-order valence-corrected chi connectivity index (χ4v) is 4.05. The molecule has 126 valence electrons. The SMILES string of the molecule is CCNS(=O)(=O)c1ccc2c(c1)CCCN2C(=O)c1ccccc1. The van der Waals surface area contributed by atoms with Gasteiger partial charge in [-0.15, -0.1) is 0 Å². The van der Waals surface area contributed by atoms with Gasteiger partial charge in [-0.1, -0.05) is 25.1 Å². The Morgan fingerprint density at radius 1 is 1.17 bits per heavy atom. The van der Waals surface area contributed by atoms with Gasteiger partial charge < -0.3 is 4.90 Å². The number of amides is 1. The van der Waals surface area contributed by atoms with Crippen molar-refractivity contribution in [1.29, 1.82) is 0 Å². The molecule has 0 aromatic heterocycles. The van der Waals surface area contributed by atoms with Crippen LogP contribution in [0.25, 0.3) is 0 Å². The number of sulfonamides is 1. The molecule has 0 saturated heterocycles. The fourth-order valence-electron chi connectivity index (χ4n) is 2.96. The number of aryl methyl sites for hydroxylation is 1. The van der Waals surface area contributed by atoms with E-state index in [-0.39, 0.29) is 10.8 Å². The molecule has 6 heteroatoms. The Balaban J connectivity index is 1.96. The van der Waals surface area contributed by atoms with Gasteiger partial charge in [0, 0.05) is 24.3 Å². The molecule has 5 nitrogen and oxygen atoms in total. The molecule has 0 atom stereocenters. The molecule has 2 aromatic rings. The minimum absolute atomic E-state index is 0.0566. The fraction of sp³-hybridized carbons (Fsp3) is 0.278. The molecule has 1 amide bonds. The van der Waals surface area contributed by atoms with Crippen LogP contribution in [0.1, 0.15) is 29.3 Å². The Labute approximate surface area is 142 Å². The second-order valence-corrected chi connectivity index (χ2v) is 7.49. The van der Waals surface area contributed by atoms with Crippen molar-refractivity contribution in [3.8, 4) is 0 Å². The van der Waals surface area contributed by atoms with Crippen molar-refractivity contribution < 1.29 is 13.2 Å². The van der Waals surface area contributed by atoms with Gasteiger partial charge in [0.05, 0.1) is 4.90 Å². The Morgan fingerprint density at radius 3 is 2.62 bits per heavy atom. The molecule has 0 fully saturated rings. The molecule has 0 radical (unpaired) electrons. The third-order valence-electron chi connectivity index (χ3n) is 4.08. The molecule has 0 aliphatic carbocycles. The standard InChI is InChI=1S/C18H20N2O3S/c1-2-19-24(22,23)16-10-11-17-15(13-16)9-6-12-20(17)18(21)14-7-4-3-5-8-14/h3-5,7-8,10-11,13,19H,2,6,9,12H2,1H3. The van der Waals surface area contributed by atoms with Crippen LogP contribution in [0.3, 0.4) is 0 Å². The van der Waals surface area contributed by atoms with Crippen LogP contribution in [0.5, 0.6) is 0 Å². The highest BCUT2D eigenvalue weighted by molar-refractivity contribution is 7.89. The third kappa shape index (κ3) is 3.20. The predicted molar refractivity (Wildman–Crippen MR) is 93.7 cm³/mol. The van der Waals surface area contributed by atoms with E-state index in [1.165, 1.54) is 0 Å².